The van der Waals surface area contributed by atoms with Crippen LogP contribution in [0.15, 0.2) is 10.2 Å². The number of rotatable bonds is 3. The molecule has 0 saturated heterocycles. The fourth-order valence-corrected chi connectivity index (χ4v) is 1.03. The Hall–Kier alpha value is -0.440. The monoisotopic (exact) mass is 144 g/mol. The van der Waals surface area contributed by atoms with Gasteiger partial charge in [-0.25, -0.2) is 0 Å². The van der Waals surface area contributed by atoms with Gasteiger partial charge in [-0.15, -0.1) is 0 Å². The Morgan fingerprint density at radius 3 is 2.30 bits per heavy atom. The second kappa shape index (κ2) is 3.66. The van der Waals surface area contributed by atoms with Crippen molar-refractivity contribution < 1.29 is 5.11 Å². The SMILES string of the molecule is C/N=N/C(C)(O)CC(C)C. The molecule has 0 heterocycles. The minimum absolute atomic E-state index is 0.445. The molecule has 0 saturated carbocycles. The van der Waals surface area contributed by atoms with Crippen LogP contribution in [0.4, 0.5) is 0 Å². The summed E-state index contributed by atoms with van der Waals surface area (Å²) in [6.07, 6.45) is 0.657. The van der Waals surface area contributed by atoms with Gasteiger partial charge >= 0.3 is 0 Å². The van der Waals surface area contributed by atoms with Crippen LogP contribution in [0.1, 0.15) is 27.2 Å². The summed E-state index contributed by atoms with van der Waals surface area (Å²) in [5.41, 5.74) is -0.969. The second-order valence-electron chi connectivity index (χ2n) is 3.11. The maximum absolute atomic E-state index is 9.42. The summed E-state index contributed by atoms with van der Waals surface area (Å²) in [4.78, 5) is 0. The Kier molecular flexibility index (Phi) is 3.50. The lowest BCUT2D eigenvalue weighted by molar-refractivity contribution is 0.0402. The molecule has 0 aliphatic rings. The lowest BCUT2D eigenvalue weighted by Crippen LogP contribution is -2.22. The third-order valence-corrected chi connectivity index (χ3v) is 1.11. The fraction of sp³-hybridized carbons (Fsp3) is 1.00. The Balaban J connectivity index is 3.86. The lowest BCUT2D eigenvalue weighted by Gasteiger charge is -2.18. The van der Waals surface area contributed by atoms with Gasteiger partial charge in [0, 0.05) is 13.5 Å². The Morgan fingerprint density at radius 1 is 1.50 bits per heavy atom. The van der Waals surface area contributed by atoms with Gasteiger partial charge in [0.25, 0.3) is 0 Å². The summed E-state index contributed by atoms with van der Waals surface area (Å²) in [6.45, 7) is 5.75. The van der Waals surface area contributed by atoms with Crippen LogP contribution in [-0.2, 0) is 0 Å². The first-order chi connectivity index (χ1) is 4.48. The molecule has 60 valence electrons. The topological polar surface area (TPSA) is 45.0 Å². The molecule has 0 spiro atoms. The summed E-state index contributed by atoms with van der Waals surface area (Å²) in [6, 6.07) is 0. The molecule has 0 aromatic rings. The number of aliphatic hydroxyl groups is 1. The maximum Gasteiger partial charge on any atom is 0.173 e. The average Bonchev–Trinajstić information content (AvgIpc) is 1.59. The summed E-state index contributed by atoms with van der Waals surface area (Å²) in [5.74, 6) is 0.445. The third-order valence-electron chi connectivity index (χ3n) is 1.11. The molecular weight excluding hydrogens is 128 g/mol. The van der Waals surface area contributed by atoms with E-state index < -0.39 is 5.72 Å². The normalized spacial score (nSPS) is 18.2. The van der Waals surface area contributed by atoms with Gasteiger partial charge in [0.2, 0.25) is 0 Å². The van der Waals surface area contributed by atoms with E-state index >= 15 is 0 Å². The zero-order valence-corrected chi connectivity index (χ0v) is 7.13. The highest BCUT2D eigenvalue weighted by molar-refractivity contribution is 4.68. The summed E-state index contributed by atoms with van der Waals surface area (Å²) < 4.78 is 0. The Morgan fingerprint density at radius 2 is 2.00 bits per heavy atom. The molecule has 0 aliphatic carbocycles. The van der Waals surface area contributed by atoms with Crippen LogP contribution in [0.3, 0.4) is 0 Å². The van der Waals surface area contributed by atoms with Crippen LogP contribution >= 0.6 is 0 Å². The predicted octanol–water partition coefficient (Wildman–Crippen LogP) is 1.82. The Bertz CT molecular complexity index is 119. The molecule has 1 unspecified atom stereocenters. The van der Waals surface area contributed by atoms with Gasteiger partial charge in [-0.05, 0) is 12.8 Å². The number of nitrogens with zero attached hydrogens (tertiary/aromatic N) is 2. The Labute approximate surface area is 62.2 Å². The molecule has 3 heteroatoms. The first-order valence-electron chi connectivity index (χ1n) is 3.51. The predicted molar refractivity (Wildman–Crippen MR) is 40.9 cm³/mol. The van der Waals surface area contributed by atoms with Gasteiger partial charge in [-0.1, -0.05) is 13.8 Å². The van der Waals surface area contributed by atoms with Crippen molar-refractivity contribution in [3.05, 3.63) is 0 Å². The van der Waals surface area contributed by atoms with Gasteiger partial charge in [0.05, 0.1) is 0 Å². The molecule has 0 aromatic carbocycles. The summed E-state index contributed by atoms with van der Waals surface area (Å²) >= 11 is 0. The van der Waals surface area contributed by atoms with E-state index in [1.165, 1.54) is 0 Å². The maximum atomic E-state index is 9.42. The number of hydrogen-bond acceptors (Lipinski definition) is 3. The molecule has 0 aromatic heterocycles. The van der Waals surface area contributed by atoms with E-state index in [0.29, 0.717) is 12.3 Å². The van der Waals surface area contributed by atoms with E-state index in [-0.39, 0.29) is 0 Å². The summed E-state index contributed by atoms with van der Waals surface area (Å²) in [5, 5.41) is 16.6. The van der Waals surface area contributed by atoms with E-state index in [4.69, 9.17) is 0 Å². The van der Waals surface area contributed by atoms with Crippen LogP contribution in [0.5, 0.6) is 0 Å². The van der Waals surface area contributed by atoms with Gasteiger partial charge in [0.15, 0.2) is 5.72 Å². The second-order valence-corrected chi connectivity index (χ2v) is 3.11. The van der Waals surface area contributed by atoms with E-state index in [9.17, 15) is 5.11 Å². The van der Waals surface area contributed by atoms with Crippen LogP contribution in [0, 0.1) is 5.92 Å². The highest BCUT2D eigenvalue weighted by atomic mass is 16.3. The molecule has 1 N–H and O–H groups in total. The van der Waals surface area contributed by atoms with Crippen molar-refractivity contribution in [1.82, 2.24) is 0 Å². The minimum Gasteiger partial charge on any atom is -0.368 e. The number of azo groups is 1. The van der Waals surface area contributed by atoms with Crippen molar-refractivity contribution in [3.8, 4) is 0 Å². The summed E-state index contributed by atoms with van der Waals surface area (Å²) in [7, 11) is 1.56. The van der Waals surface area contributed by atoms with Crippen molar-refractivity contribution in [1.29, 1.82) is 0 Å². The largest absolute Gasteiger partial charge is 0.368 e. The first kappa shape index (κ1) is 9.56. The van der Waals surface area contributed by atoms with Crippen molar-refractivity contribution in [2.75, 3.05) is 7.05 Å². The zero-order valence-electron chi connectivity index (χ0n) is 7.13. The molecule has 3 nitrogen and oxygen atoms in total. The average molecular weight is 144 g/mol. The standard InChI is InChI=1S/C7H16N2O/c1-6(2)5-7(3,10)9-8-4/h6,10H,5H2,1-4H3/b9-8+. The van der Waals surface area contributed by atoms with E-state index in [1.54, 1.807) is 14.0 Å². The quantitative estimate of drug-likeness (QED) is 0.603. The van der Waals surface area contributed by atoms with E-state index in [0.717, 1.165) is 0 Å². The molecular formula is C7H16N2O. The zero-order chi connectivity index (χ0) is 8.20. The lowest BCUT2D eigenvalue weighted by atomic mass is 10.0. The molecule has 0 bridgehead atoms. The highest BCUT2D eigenvalue weighted by Crippen LogP contribution is 2.17. The van der Waals surface area contributed by atoms with Crippen molar-refractivity contribution in [2.24, 2.45) is 16.1 Å². The smallest absolute Gasteiger partial charge is 0.173 e. The van der Waals surface area contributed by atoms with Crippen molar-refractivity contribution in [2.45, 2.75) is 32.9 Å². The first-order valence-corrected chi connectivity index (χ1v) is 3.51. The molecule has 0 fully saturated rings. The van der Waals surface area contributed by atoms with E-state index in [2.05, 4.69) is 10.2 Å². The van der Waals surface area contributed by atoms with Gasteiger partial charge in [-0.2, -0.15) is 10.2 Å². The van der Waals surface area contributed by atoms with Crippen molar-refractivity contribution >= 4 is 0 Å². The van der Waals surface area contributed by atoms with Gasteiger partial charge in [-0.3, -0.25) is 0 Å². The van der Waals surface area contributed by atoms with Crippen LogP contribution in [-0.4, -0.2) is 17.9 Å². The third kappa shape index (κ3) is 4.44. The van der Waals surface area contributed by atoms with Crippen LogP contribution in [0.25, 0.3) is 0 Å². The number of hydrogen-bond donors (Lipinski definition) is 1. The van der Waals surface area contributed by atoms with Crippen LogP contribution in [0.2, 0.25) is 0 Å². The molecule has 10 heavy (non-hydrogen) atoms. The highest BCUT2D eigenvalue weighted by Gasteiger charge is 2.19. The van der Waals surface area contributed by atoms with Gasteiger partial charge in [0.1, 0.15) is 0 Å². The van der Waals surface area contributed by atoms with Crippen molar-refractivity contribution in [3.63, 3.8) is 0 Å². The fourth-order valence-electron chi connectivity index (χ4n) is 1.03. The molecule has 0 amide bonds. The molecule has 1 atom stereocenters. The van der Waals surface area contributed by atoms with Gasteiger partial charge < -0.3 is 5.11 Å². The molecule has 0 aliphatic heterocycles. The van der Waals surface area contributed by atoms with Crippen LogP contribution < -0.4 is 0 Å². The molecule has 0 rings (SSSR count). The molecule has 0 radical (unpaired) electrons. The van der Waals surface area contributed by atoms with E-state index in [1.807, 2.05) is 13.8 Å². The minimum atomic E-state index is -0.969.